The lowest BCUT2D eigenvalue weighted by Gasteiger charge is -2.36. The molecule has 0 radical (unpaired) electrons. The van der Waals surface area contributed by atoms with E-state index in [9.17, 15) is 19.5 Å². The van der Waals surface area contributed by atoms with Crippen molar-refractivity contribution in [1.29, 1.82) is 0 Å². The van der Waals surface area contributed by atoms with Crippen molar-refractivity contribution in [3.63, 3.8) is 0 Å². The number of rotatable bonds is 11. The first-order valence-electron chi connectivity index (χ1n) is 13.2. The van der Waals surface area contributed by atoms with Crippen LogP contribution in [0.1, 0.15) is 63.8 Å². The molecule has 2 aromatic rings. The molecule has 3 amide bonds. The van der Waals surface area contributed by atoms with E-state index in [1.165, 1.54) is 4.90 Å². The van der Waals surface area contributed by atoms with Crippen molar-refractivity contribution in [2.75, 3.05) is 25.6 Å². The number of alkyl carbamates (subject to hydrolysis) is 1. The first-order valence-corrected chi connectivity index (χ1v) is 13.2. The van der Waals surface area contributed by atoms with Gasteiger partial charge in [-0.1, -0.05) is 38.5 Å². The number of methoxy groups -OCH3 is 1. The highest BCUT2D eigenvalue weighted by molar-refractivity contribution is 5.99. The van der Waals surface area contributed by atoms with E-state index in [4.69, 9.17) is 9.47 Å². The van der Waals surface area contributed by atoms with Gasteiger partial charge < -0.3 is 30.1 Å². The third-order valence-corrected chi connectivity index (χ3v) is 6.54. The van der Waals surface area contributed by atoms with Gasteiger partial charge in [0.05, 0.1) is 13.7 Å². The predicted molar refractivity (Wildman–Crippen MR) is 152 cm³/mol. The number of nitrogens with zero attached hydrogens (tertiary/aromatic N) is 1. The lowest BCUT2D eigenvalue weighted by Crippen LogP contribution is -2.55. The number of carbonyl (C=O) groups is 3. The zero-order chi connectivity index (χ0) is 29.3. The summed E-state index contributed by atoms with van der Waals surface area (Å²) in [4.78, 5) is 41.9. The first kappa shape index (κ1) is 31.6. The van der Waals surface area contributed by atoms with Crippen LogP contribution in [0.3, 0.4) is 0 Å². The molecule has 2 aromatic carbocycles. The number of nitrogens with one attached hydrogen (secondary N) is 2. The van der Waals surface area contributed by atoms with Crippen LogP contribution in [0.4, 0.5) is 10.5 Å². The number of benzene rings is 2. The molecule has 3 N–H and O–H groups in total. The summed E-state index contributed by atoms with van der Waals surface area (Å²) in [5.41, 5.74) is 2.36. The summed E-state index contributed by atoms with van der Waals surface area (Å²) in [6, 6.07) is 10.4. The number of aryl methyl sites for hydroxylation is 2. The fraction of sp³-hybridized carbons (Fsp3) is 0.500. The maximum atomic E-state index is 14.1. The number of aliphatic hydroxyl groups is 1. The molecule has 0 aliphatic carbocycles. The van der Waals surface area contributed by atoms with Crippen molar-refractivity contribution in [1.82, 2.24) is 10.2 Å². The standard InChI is InChI=1S/C30H43N3O6/c1-9-19(2)25(32-29(37)39-30(5,6)7)28(36)33(16-17-34)26(22-11-10-20(3)21(4)18-22)27(35)31-23-12-14-24(38-8)15-13-23/h10-15,18-19,25-26,34H,9,16-17H2,1-8H3,(H,31,35)(H,32,37). The summed E-state index contributed by atoms with van der Waals surface area (Å²) in [7, 11) is 1.56. The Kier molecular flexibility index (Phi) is 11.3. The van der Waals surface area contributed by atoms with Gasteiger partial charge in [0.1, 0.15) is 23.4 Å². The molecule has 0 fully saturated rings. The van der Waals surface area contributed by atoms with Crippen LogP contribution in [0.25, 0.3) is 0 Å². The summed E-state index contributed by atoms with van der Waals surface area (Å²) in [5.74, 6) is -0.570. The summed E-state index contributed by atoms with van der Waals surface area (Å²) in [6.07, 6.45) is -0.138. The van der Waals surface area contributed by atoms with Crippen molar-refractivity contribution in [2.24, 2.45) is 5.92 Å². The van der Waals surface area contributed by atoms with Crippen LogP contribution >= 0.6 is 0 Å². The van der Waals surface area contributed by atoms with Crippen molar-refractivity contribution in [3.05, 3.63) is 59.2 Å². The predicted octanol–water partition coefficient (Wildman–Crippen LogP) is 4.75. The average Bonchev–Trinajstić information content (AvgIpc) is 2.87. The van der Waals surface area contributed by atoms with Crippen LogP contribution in [-0.2, 0) is 14.3 Å². The van der Waals surface area contributed by atoms with Gasteiger partial charge >= 0.3 is 6.09 Å². The van der Waals surface area contributed by atoms with E-state index in [0.717, 1.165) is 11.1 Å². The number of aliphatic hydroxyl groups excluding tert-OH is 1. The van der Waals surface area contributed by atoms with E-state index in [2.05, 4.69) is 10.6 Å². The third kappa shape index (κ3) is 8.99. The van der Waals surface area contributed by atoms with Crippen LogP contribution in [0.2, 0.25) is 0 Å². The molecular weight excluding hydrogens is 498 g/mol. The number of carbonyl (C=O) groups excluding carboxylic acids is 3. The molecule has 0 bridgehead atoms. The van der Waals surface area contributed by atoms with Gasteiger partial charge in [0.2, 0.25) is 5.91 Å². The second-order valence-electron chi connectivity index (χ2n) is 10.7. The fourth-order valence-electron chi connectivity index (χ4n) is 4.06. The monoisotopic (exact) mass is 541 g/mol. The minimum absolute atomic E-state index is 0.116. The Bertz CT molecular complexity index is 1130. The Balaban J connectivity index is 2.53. The number of hydrogen-bond donors (Lipinski definition) is 3. The maximum Gasteiger partial charge on any atom is 0.408 e. The molecule has 0 heterocycles. The van der Waals surface area contributed by atoms with E-state index in [1.807, 2.05) is 39.8 Å². The average molecular weight is 542 g/mol. The van der Waals surface area contributed by atoms with Gasteiger partial charge in [0, 0.05) is 12.2 Å². The molecule has 3 unspecified atom stereocenters. The lowest BCUT2D eigenvalue weighted by molar-refractivity contribution is -0.142. The molecule has 3 atom stereocenters. The smallest absolute Gasteiger partial charge is 0.408 e. The molecule has 0 saturated heterocycles. The maximum absolute atomic E-state index is 14.1. The minimum atomic E-state index is -1.07. The summed E-state index contributed by atoms with van der Waals surface area (Å²) >= 11 is 0. The van der Waals surface area contributed by atoms with E-state index in [0.29, 0.717) is 23.4 Å². The number of amides is 3. The zero-order valence-corrected chi connectivity index (χ0v) is 24.3. The van der Waals surface area contributed by atoms with E-state index in [1.54, 1.807) is 58.2 Å². The molecule has 0 spiro atoms. The quantitative estimate of drug-likeness (QED) is 0.378. The molecule has 0 aromatic heterocycles. The van der Waals surface area contributed by atoms with Gasteiger partial charge in [-0.2, -0.15) is 0 Å². The Labute approximate surface area is 231 Å². The Morgan fingerprint density at radius 1 is 1.03 bits per heavy atom. The highest BCUT2D eigenvalue weighted by Gasteiger charge is 2.38. The first-order chi connectivity index (χ1) is 18.3. The summed E-state index contributed by atoms with van der Waals surface area (Å²) in [6.45, 7) is 12.4. The van der Waals surface area contributed by atoms with Crippen molar-refractivity contribution in [3.8, 4) is 5.75 Å². The van der Waals surface area contributed by atoms with Crippen molar-refractivity contribution < 1.29 is 29.0 Å². The Morgan fingerprint density at radius 2 is 1.67 bits per heavy atom. The fourth-order valence-corrected chi connectivity index (χ4v) is 4.06. The third-order valence-electron chi connectivity index (χ3n) is 6.54. The number of anilines is 1. The SMILES string of the molecule is CCC(C)C(NC(=O)OC(C)(C)C)C(=O)N(CCO)C(C(=O)Nc1ccc(OC)cc1)c1ccc(C)c(C)c1. The molecule has 214 valence electrons. The van der Waals surface area contributed by atoms with Gasteiger partial charge in [-0.05, 0) is 81.5 Å². The van der Waals surface area contributed by atoms with Crippen LogP contribution in [0, 0.1) is 19.8 Å². The lowest BCUT2D eigenvalue weighted by atomic mass is 9.94. The normalized spacial score (nSPS) is 13.6. The topological polar surface area (TPSA) is 117 Å². The number of ether oxygens (including phenoxy) is 2. The van der Waals surface area contributed by atoms with Gasteiger partial charge in [-0.25, -0.2) is 4.79 Å². The zero-order valence-electron chi connectivity index (χ0n) is 24.3. The molecule has 0 aliphatic rings. The van der Waals surface area contributed by atoms with Crippen LogP contribution < -0.4 is 15.4 Å². The number of hydrogen-bond acceptors (Lipinski definition) is 6. The molecule has 9 heteroatoms. The highest BCUT2D eigenvalue weighted by Crippen LogP contribution is 2.28. The van der Waals surface area contributed by atoms with Crippen LogP contribution in [0.15, 0.2) is 42.5 Å². The van der Waals surface area contributed by atoms with Gasteiger partial charge in [-0.3, -0.25) is 9.59 Å². The second kappa shape index (κ2) is 14.0. The minimum Gasteiger partial charge on any atom is -0.497 e. The Hall–Kier alpha value is -3.59. The summed E-state index contributed by atoms with van der Waals surface area (Å²) in [5, 5.41) is 15.6. The van der Waals surface area contributed by atoms with Gasteiger partial charge in [0.25, 0.3) is 5.91 Å². The largest absolute Gasteiger partial charge is 0.497 e. The molecule has 0 saturated carbocycles. The van der Waals surface area contributed by atoms with E-state index >= 15 is 0 Å². The molecule has 2 rings (SSSR count). The highest BCUT2D eigenvalue weighted by atomic mass is 16.6. The van der Waals surface area contributed by atoms with Crippen molar-refractivity contribution >= 4 is 23.6 Å². The molecule has 0 aliphatic heterocycles. The van der Waals surface area contributed by atoms with E-state index < -0.39 is 35.6 Å². The van der Waals surface area contributed by atoms with Crippen LogP contribution in [0.5, 0.6) is 5.75 Å². The van der Waals surface area contributed by atoms with Crippen LogP contribution in [-0.4, -0.2) is 59.8 Å². The summed E-state index contributed by atoms with van der Waals surface area (Å²) < 4.78 is 10.6. The molecular formula is C30H43N3O6. The Morgan fingerprint density at radius 3 is 2.18 bits per heavy atom. The van der Waals surface area contributed by atoms with Gasteiger partial charge in [0.15, 0.2) is 0 Å². The van der Waals surface area contributed by atoms with E-state index in [-0.39, 0.29) is 19.1 Å². The van der Waals surface area contributed by atoms with Crippen molar-refractivity contribution in [2.45, 2.75) is 72.6 Å². The second-order valence-corrected chi connectivity index (χ2v) is 10.7. The van der Waals surface area contributed by atoms with Gasteiger partial charge in [-0.15, -0.1) is 0 Å². The molecule has 39 heavy (non-hydrogen) atoms. The molecule has 9 nitrogen and oxygen atoms in total.